The summed E-state index contributed by atoms with van der Waals surface area (Å²) in [5.74, 6) is -2.79. The number of thiophene rings is 5. The highest BCUT2D eigenvalue weighted by Gasteiger charge is 2.26. The monoisotopic (exact) mass is 1830 g/mol. The Morgan fingerprint density at radius 1 is 0.308 bits per heavy atom. The number of benzene rings is 5. The van der Waals surface area contributed by atoms with Crippen molar-refractivity contribution in [3.8, 4) is 52.2 Å². The quantitative estimate of drug-likeness (QED) is 0.0473. The molecule has 5 aliphatic rings. The van der Waals surface area contributed by atoms with Gasteiger partial charge >= 0.3 is 0 Å². The number of carbonyl (C=O) groups is 5. The van der Waals surface area contributed by atoms with E-state index in [1.807, 2.05) is 36.5 Å². The highest BCUT2D eigenvalue weighted by Crippen LogP contribution is 2.43. The molecule has 0 atom stereocenters. The number of primary amides is 5. The molecular formula is C100H85N15O9S6. The first-order chi connectivity index (χ1) is 63.1. The number of nitrogens with two attached hydrogens (primary N) is 5. The highest BCUT2D eigenvalue weighted by molar-refractivity contribution is 8.05. The Morgan fingerprint density at radius 3 is 0.785 bits per heavy atom. The van der Waals surface area contributed by atoms with Crippen LogP contribution < -0.4 is 28.7 Å². The third kappa shape index (κ3) is 21.2. The molecule has 0 unspecified atom stereocenters. The summed E-state index contributed by atoms with van der Waals surface area (Å²) >= 11 is 9.29. The lowest BCUT2D eigenvalue weighted by atomic mass is 10.0. The number of allylic oxidation sites excluding steroid dienone is 10. The molecule has 0 spiro atoms. The number of thioether (sulfide) groups is 1. The Bertz CT molecular complexity index is 6660. The average molecular weight is 1830 g/mol. The van der Waals surface area contributed by atoms with Crippen molar-refractivity contribution in [3.63, 3.8) is 0 Å². The molecule has 0 bridgehead atoms. The van der Waals surface area contributed by atoms with E-state index in [9.17, 15) is 24.0 Å². The van der Waals surface area contributed by atoms with Crippen LogP contribution in [0.4, 0.5) is 0 Å². The van der Waals surface area contributed by atoms with Gasteiger partial charge in [0.15, 0.2) is 28.5 Å². The number of ether oxygens (including phenoxy) is 4. The predicted molar refractivity (Wildman–Crippen MR) is 521 cm³/mol. The van der Waals surface area contributed by atoms with E-state index in [2.05, 4.69) is 254 Å². The molecule has 5 amide bonds. The second-order valence-corrected chi connectivity index (χ2v) is 37.1. The smallest absolute Gasteiger partial charge is 0.270 e. The fourth-order valence-electron chi connectivity index (χ4n) is 14.5. The molecule has 0 aliphatic carbocycles. The summed E-state index contributed by atoms with van der Waals surface area (Å²) in [4.78, 5) is 64.3. The molecular weight excluding hydrogens is 1750 g/mol. The summed E-state index contributed by atoms with van der Waals surface area (Å²) in [6, 6.07) is 51.9. The van der Waals surface area contributed by atoms with Crippen molar-refractivity contribution >= 4 is 148 Å². The third-order valence-corrected chi connectivity index (χ3v) is 28.1. The molecule has 0 fully saturated rings. The molecule has 0 radical (unpaired) electrons. The number of amides is 5. The normalized spacial score (nSPS) is 13.6. The highest BCUT2D eigenvalue weighted by atomic mass is 32.2. The molecule has 30 heteroatoms. The van der Waals surface area contributed by atoms with Crippen LogP contribution in [0, 0.1) is 34.6 Å². The van der Waals surface area contributed by atoms with Crippen molar-refractivity contribution < 1.29 is 42.9 Å². The molecule has 24 nitrogen and oxygen atoms in total. The zero-order valence-corrected chi connectivity index (χ0v) is 76.0. The first kappa shape index (κ1) is 89.0. The number of nitrogens with zero attached hydrogens (tertiary/aromatic N) is 10. The van der Waals surface area contributed by atoms with Gasteiger partial charge < -0.3 is 47.6 Å². The van der Waals surface area contributed by atoms with E-state index < -0.39 is 29.5 Å². The van der Waals surface area contributed by atoms with Crippen LogP contribution in [0.5, 0.6) is 0 Å². The van der Waals surface area contributed by atoms with Gasteiger partial charge in [0, 0.05) is 83.4 Å². The molecule has 5 aromatic carbocycles. The first-order valence-electron chi connectivity index (χ1n) is 41.3. The Hall–Kier alpha value is -14.4. The summed E-state index contributed by atoms with van der Waals surface area (Å²) in [6.07, 6.45) is 30.0. The summed E-state index contributed by atoms with van der Waals surface area (Å²) in [5.41, 5.74) is 49.9. The van der Waals surface area contributed by atoms with E-state index in [0.717, 1.165) is 179 Å². The largest absolute Gasteiger partial charge is 0.497 e. The van der Waals surface area contributed by atoms with Gasteiger partial charge in [0.1, 0.15) is 13.2 Å². The number of hydrogen-bond donors (Lipinski definition) is 5. The minimum Gasteiger partial charge on any atom is -0.497 e. The summed E-state index contributed by atoms with van der Waals surface area (Å²) in [6.45, 7) is 11.5. The van der Waals surface area contributed by atoms with E-state index in [1.165, 1.54) is 78.7 Å². The van der Waals surface area contributed by atoms with E-state index in [4.69, 9.17) is 47.6 Å². The lowest BCUT2D eigenvalue weighted by Gasteiger charge is -2.09. The maximum Gasteiger partial charge on any atom is 0.270 e. The van der Waals surface area contributed by atoms with Crippen molar-refractivity contribution in [2.24, 2.45) is 28.7 Å². The van der Waals surface area contributed by atoms with E-state index in [1.54, 1.807) is 60.7 Å². The maximum absolute atomic E-state index is 11.8. The van der Waals surface area contributed by atoms with Crippen LogP contribution in [0.25, 0.3) is 103 Å². The predicted octanol–water partition coefficient (Wildman–Crippen LogP) is 20.7. The Labute approximate surface area is 771 Å². The standard InChI is InChI=1S/4C20H17N3O2S.C20H17N3OS2/c5*1-12-4-6-14(7-5-12)17-10-15-16(9-13-3-2-8-25-11-13)22-23-18(20(21)24)19(15)26-17/h2*2,4-8,10-11H,3,9H2,1H3,(H2,21,24);2*2-7,10-11H,8-9H2,1H3,(H2,21,24);2,4-8,10-11H,3,9H2,1H3,(H2,21,24). The third-order valence-electron chi connectivity index (χ3n) is 21.3. The van der Waals surface area contributed by atoms with Gasteiger partial charge in [-0.1, -0.05) is 173 Å². The molecule has 15 heterocycles. The Kier molecular flexibility index (Phi) is 27.9. The van der Waals surface area contributed by atoms with E-state index in [0.29, 0.717) is 38.9 Å². The van der Waals surface area contributed by atoms with Gasteiger partial charge in [-0.15, -0.1) is 93.9 Å². The second kappa shape index (κ2) is 40.7. The average Bonchev–Trinajstić information content (AvgIpc) is 1.64. The van der Waals surface area contributed by atoms with Gasteiger partial charge in [-0.25, -0.2) is 0 Å². The van der Waals surface area contributed by atoms with Gasteiger partial charge in [-0.05, 0) is 169 Å². The Balaban J connectivity index is 0.000000119. The molecule has 130 heavy (non-hydrogen) atoms. The molecule has 20 rings (SSSR count). The lowest BCUT2D eigenvalue weighted by molar-refractivity contribution is 0.0988. The minimum absolute atomic E-state index is 0.219. The zero-order valence-electron chi connectivity index (χ0n) is 71.1. The number of aryl methyl sites for hydroxylation is 5. The molecule has 10 aromatic heterocycles. The number of fused-ring (bicyclic) bond motifs is 5. The van der Waals surface area contributed by atoms with Crippen LogP contribution in [0.2, 0.25) is 0 Å². The van der Waals surface area contributed by atoms with Crippen molar-refractivity contribution in [3.05, 3.63) is 355 Å². The van der Waals surface area contributed by atoms with Crippen LogP contribution in [0.3, 0.4) is 0 Å². The Morgan fingerprint density at radius 2 is 0.562 bits per heavy atom. The minimum atomic E-state index is -0.563. The number of hydrogen-bond acceptors (Lipinski definition) is 25. The van der Waals surface area contributed by atoms with Gasteiger partial charge in [-0.2, -0.15) is 25.5 Å². The SMILES string of the molecule is Cc1ccc(-c2cc3c(CC4=COC=CC4)nnc(C(N)=O)c3s2)cc1.Cc1ccc(-c2cc3c(CC4=COC=CC4)nnc(C(N)=O)c3s2)cc1.Cc1ccc(-c2cc3c(CC4=COCC=C4)nnc(C(N)=O)c3s2)cc1.Cc1ccc(-c2cc3c(CC4=COCC=C4)nnc(C(N)=O)c3s2)cc1.Cc1ccc(-c2cc3c(CC4=CSC=CC4)nnc(C(N)=O)c3s2)cc1. The molecule has 5 aliphatic heterocycles. The van der Waals surface area contributed by atoms with Crippen LogP contribution in [-0.2, 0) is 51.1 Å². The van der Waals surface area contributed by atoms with Crippen LogP contribution in [-0.4, -0.2) is 93.7 Å². The fourth-order valence-corrected chi connectivity index (χ4v) is 21.0. The second-order valence-electron chi connectivity index (χ2n) is 31.1. The molecule has 0 saturated heterocycles. The van der Waals surface area contributed by atoms with Crippen LogP contribution in [0.1, 0.15) is 128 Å². The van der Waals surface area contributed by atoms with Crippen LogP contribution in [0.15, 0.2) is 270 Å². The summed E-state index contributed by atoms with van der Waals surface area (Å²) in [7, 11) is 0. The molecule has 650 valence electrons. The molecule has 15 aromatic rings. The number of aromatic nitrogens is 10. The van der Waals surface area contributed by atoms with Gasteiger partial charge in [-0.3, -0.25) is 24.0 Å². The van der Waals surface area contributed by atoms with Crippen molar-refractivity contribution in [2.75, 3.05) is 13.2 Å². The van der Waals surface area contributed by atoms with Crippen molar-refractivity contribution in [2.45, 2.75) is 86.0 Å². The lowest BCUT2D eigenvalue weighted by Crippen LogP contribution is -2.15. The van der Waals surface area contributed by atoms with E-state index >= 15 is 0 Å². The van der Waals surface area contributed by atoms with Crippen molar-refractivity contribution in [1.29, 1.82) is 0 Å². The van der Waals surface area contributed by atoms with Crippen LogP contribution >= 0.6 is 68.4 Å². The number of carbonyl (C=O) groups excluding carboxylic acids is 5. The van der Waals surface area contributed by atoms with Crippen molar-refractivity contribution in [1.82, 2.24) is 51.0 Å². The zero-order chi connectivity index (χ0) is 90.5. The van der Waals surface area contributed by atoms with E-state index in [-0.39, 0.29) is 28.5 Å². The summed E-state index contributed by atoms with van der Waals surface area (Å²) < 4.78 is 25.1. The summed E-state index contributed by atoms with van der Waals surface area (Å²) in [5, 5.41) is 50.8. The topological polar surface area (TPSA) is 381 Å². The number of rotatable bonds is 20. The molecule has 10 N–H and O–H groups in total. The maximum atomic E-state index is 11.8. The van der Waals surface area contributed by atoms with Gasteiger partial charge in [0.25, 0.3) is 29.5 Å². The fraction of sp³-hybridized carbons (Fsp3) is 0.150. The molecule has 0 saturated carbocycles. The van der Waals surface area contributed by atoms with Gasteiger partial charge in [0.05, 0.1) is 89.5 Å². The van der Waals surface area contributed by atoms with Gasteiger partial charge in [0.2, 0.25) is 0 Å². The first-order valence-corrected chi connectivity index (χ1v) is 46.3.